The number of aryl methyl sites for hydroxylation is 4. The van der Waals surface area contributed by atoms with Crippen LogP contribution in [-0.2, 0) is 22.4 Å². The standard InChI is InChI=1S/C30H28N2O7/c1-15-7-21-19(11-25(33)38-23(21)9-17(15)3)13-30(27(35)31(5)29(37)32(6)28(30)36)14-20-12-26(34)39-24-10-18(4)16(2)8-22(20)24/h7-12H,13-14H2,1-6H3. The largest absolute Gasteiger partial charge is 0.423 e. The third kappa shape index (κ3) is 4.14. The number of nitrogens with zero attached hydrogens (tertiary/aromatic N) is 2. The lowest BCUT2D eigenvalue weighted by Crippen LogP contribution is -2.64. The number of barbiturate groups is 1. The quantitative estimate of drug-likeness (QED) is 0.291. The first kappa shape index (κ1) is 26.1. The zero-order valence-electron chi connectivity index (χ0n) is 22.6. The van der Waals surface area contributed by atoms with Crippen LogP contribution in [0.4, 0.5) is 4.79 Å². The van der Waals surface area contributed by atoms with Crippen LogP contribution < -0.4 is 11.3 Å². The van der Waals surface area contributed by atoms with Crippen LogP contribution in [0.5, 0.6) is 0 Å². The number of amides is 4. The van der Waals surface area contributed by atoms with E-state index in [1.807, 2.05) is 39.8 Å². The number of carbonyl (C=O) groups is 3. The van der Waals surface area contributed by atoms with E-state index < -0.39 is 34.5 Å². The number of rotatable bonds is 4. The Kier molecular flexibility index (Phi) is 6.05. The molecule has 1 saturated heterocycles. The number of hydrogen-bond donors (Lipinski definition) is 0. The normalized spacial score (nSPS) is 15.6. The van der Waals surface area contributed by atoms with Crippen LogP contribution in [0, 0.1) is 33.1 Å². The van der Waals surface area contributed by atoms with Crippen LogP contribution in [-0.4, -0.2) is 41.7 Å². The molecule has 1 aliphatic heterocycles. The van der Waals surface area contributed by atoms with E-state index in [4.69, 9.17) is 8.83 Å². The van der Waals surface area contributed by atoms with E-state index >= 15 is 0 Å². The molecule has 0 N–H and O–H groups in total. The van der Waals surface area contributed by atoms with Gasteiger partial charge in [-0.1, -0.05) is 0 Å². The van der Waals surface area contributed by atoms with Crippen molar-refractivity contribution >= 4 is 39.8 Å². The summed E-state index contributed by atoms with van der Waals surface area (Å²) >= 11 is 0. The molecule has 1 fully saturated rings. The summed E-state index contributed by atoms with van der Waals surface area (Å²) in [7, 11) is 2.64. The predicted octanol–water partition coefficient (Wildman–Crippen LogP) is 3.96. The molecule has 0 atom stereocenters. The lowest BCUT2D eigenvalue weighted by atomic mass is 9.72. The van der Waals surface area contributed by atoms with Gasteiger partial charge in [0.15, 0.2) is 0 Å². The highest BCUT2D eigenvalue weighted by molar-refractivity contribution is 6.19. The van der Waals surface area contributed by atoms with E-state index in [-0.39, 0.29) is 12.8 Å². The van der Waals surface area contributed by atoms with E-state index in [0.717, 1.165) is 32.1 Å². The number of fused-ring (bicyclic) bond motifs is 2. The summed E-state index contributed by atoms with van der Waals surface area (Å²) in [6.45, 7) is 7.61. The van der Waals surface area contributed by atoms with Crippen molar-refractivity contribution in [2.75, 3.05) is 14.1 Å². The molecule has 2 aromatic carbocycles. The van der Waals surface area contributed by atoms with E-state index in [0.29, 0.717) is 33.1 Å². The lowest BCUT2D eigenvalue weighted by Gasteiger charge is -2.42. The van der Waals surface area contributed by atoms with Crippen LogP contribution in [0.3, 0.4) is 0 Å². The molecule has 4 amide bonds. The molecule has 39 heavy (non-hydrogen) atoms. The van der Waals surface area contributed by atoms with E-state index in [1.165, 1.54) is 26.2 Å². The summed E-state index contributed by atoms with van der Waals surface area (Å²) in [6.07, 6.45) is -0.381. The van der Waals surface area contributed by atoms with Crippen LogP contribution in [0.25, 0.3) is 21.9 Å². The first-order valence-corrected chi connectivity index (χ1v) is 12.5. The molecule has 0 saturated carbocycles. The maximum absolute atomic E-state index is 14.0. The average molecular weight is 529 g/mol. The van der Waals surface area contributed by atoms with Crippen molar-refractivity contribution < 1.29 is 23.2 Å². The van der Waals surface area contributed by atoms with Gasteiger partial charge in [0.1, 0.15) is 16.6 Å². The van der Waals surface area contributed by atoms with Crippen molar-refractivity contribution in [2.24, 2.45) is 5.41 Å². The van der Waals surface area contributed by atoms with Gasteiger partial charge in [0.05, 0.1) is 0 Å². The Labute approximate surface area is 223 Å². The van der Waals surface area contributed by atoms with Crippen molar-refractivity contribution in [2.45, 2.75) is 40.5 Å². The Morgan fingerprint density at radius 2 is 0.949 bits per heavy atom. The summed E-state index contributed by atoms with van der Waals surface area (Å²) in [5, 5.41) is 1.17. The minimum absolute atomic E-state index is 0.191. The Bertz CT molecular complexity index is 1710. The summed E-state index contributed by atoms with van der Waals surface area (Å²) in [4.78, 5) is 67.6. The first-order valence-electron chi connectivity index (χ1n) is 12.5. The van der Waals surface area contributed by atoms with Gasteiger partial charge in [-0.15, -0.1) is 0 Å². The third-order valence-electron chi connectivity index (χ3n) is 7.88. The number of hydrogen-bond acceptors (Lipinski definition) is 7. The van der Waals surface area contributed by atoms with Gasteiger partial charge in [0.2, 0.25) is 11.8 Å². The summed E-state index contributed by atoms with van der Waals surface area (Å²) < 4.78 is 10.9. The fourth-order valence-corrected chi connectivity index (χ4v) is 5.41. The van der Waals surface area contributed by atoms with Gasteiger partial charge in [-0.05, 0) is 98.2 Å². The molecule has 0 aliphatic carbocycles. The first-order chi connectivity index (χ1) is 18.3. The van der Waals surface area contributed by atoms with Crippen molar-refractivity contribution in [3.63, 3.8) is 0 Å². The molecular weight excluding hydrogens is 500 g/mol. The molecule has 0 radical (unpaired) electrons. The maximum atomic E-state index is 14.0. The minimum atomic E-state index is -1.82. The summed E-state index contributed by atoms with van der Waals surface area (Å²) in [5.74, 6) is -1.43. The van der Waals surface area contributed by atoms with E-state index in [1.54, 1.807) is 12.1 Å². The molecule has 200 valence electrons. The number of imide groups is 2. The number of benzene rings is 2. The number of carbonyl (C=O) groups excluding carboxylic acids is 3. The molecule has 0 spiro atoms. The SMILES string of the molecule is Cc1cc2oc(=O)cc(CC3(Cc4cc(=O)oc5cc(C)c(C)cc45)C(=O)N(C)C(=O)N(C)C3=O)c2cc1C. The summed E-state index contributed by atoms with van der Waals surface area (Å²) in [5.41, 5.74) is 2.18. The van der Waals surface area contributed by atoms with Gasteiger partial charge in [-0.25, -0.2) is 14.4 Å². The number of urea groups is 1. The van der Waals surface area contributed by atoms with Crippen LogP contribution in [0.2, 0.25) is 0 Å². The van der Waals surface area contributed by atoms with Crippen molar-refractivity contribution in [1.82, 2.24) is 9.80 Å². The maximum Gasteiger partial charge on any atom is 0.336 e. The zero-order chi connectivity index (χ0) is 28.4. The molecular formula is C30H28N2O7. The van der Waals surface area contributed by atoms with Crippen molar-refractivity contribution in [3.8, 4) is 0 Å². The Balaban J connectivity index is 1.78. The molecule has 0 bridgehead atoms. The average Bonchev–Trinajstić information content (AvgIpc) is 2.87. The Morgan fingerprint density at radius 1 is 0.590 bits per heavy atom. The third-order valence-corrected chi connectivity index (χ3v) is 7.88. The van der Waals surface area contributed by atoms with Crippen LogP contribution in [0.1, 0.15) is 33.4 Å². The Hall–Kier alpha value is -4.53. The second-order valence-electron chi connectivity index (χ2n) is 10.5. The smallest absolute Gasteiger partial charge is 0.336 e. The van der Waals surface area contributed by atoms with Crippen LogP contribution in [0.15, 0.2) is 54.8 Å². The van der Waals surface area contributed by atoms with E-state index in [9.17, 15) is 24.0 Å². The van der Waals surface area contributed by atoms with Crippen molar-refractivity contribution in [1.29, 1.82) is 0 Å². The molecule has 5 rings (SSSR count). The van der Waals surface area contributed by atoms with Gasteiger partial charge in [-0.2, -0.15) is 0 Å². The Morgan fingerprint density at radius 3 is 1.33 bits per heavy atom. The molecule has 0 unspecified atom stereocenters. The monoisotopic (exact) mass is 528 g/mol. The predicted molar refractivity (Wildman–Crippen MR) is 145 cm³/mol. The summed E-state index contributed by atoms with van der Waals surface area (Å²) in [6, 6.07) is 9.00. The topological polar surface area (TPSA) is 118 Å². The zero-order valence-corrected chi connectivity index (χ0v) is 22.6. The second kappa shape index (κ2) is 9.04. The van der Waals surface area contributed by atoms with Gasteiger partial charge in [0, 0.05) is 37.0 Å². The van der Waals surface area contributed by atoms with Gasteiger partial charge < -0.3 is 8.83 Å². The lowest BCUT2D eigenvalue weighted by molar-refractivity contribution is -0.157. The van der Waals surface area contributed by atoms with Gasteiger partial charge in [-0.3, -0.25) is 19.4 Å². The molecule has 3 heterocycles. The van der Waals surface area contributed by atoms with Crippen LogP contribution >= 0.6 is 0 Å². The molecule has 2 aromatic heterocycles. The fraction of sp³-hybridized carbons (Fsp3) is 0.300. The second-order valence-corrected chi connectivity index (χ2v) is 10.5. The molecule has 9 heteroatoms. The highest BCUT2D eigenvalue weighted by Crippen LogP contribution is 2.39. The molecule has 4 aromatic rings. The highest BCUT2D eigenvalue weighted by Gasteiger charge is 2.55. The van der Waals surface area contributed by atoms with E-state index in [2.05, 4.69) is 0 Å². The minimum Gasteiger partial charge on any atom is -0.423 e. The van der Waals surface area contributed by atoms with Gasteiger partial charge >= 0.3 is 17.3 Å². The van der Waals surface area contributed by atoms with Crippen molar-refractivity contribution in [3.05, 3.63) is 90.6 Å². The molecule has 1 aliphatic rings. The fourth-order valence-electron chi connectivity index (χ4n) is 5.41. The van der Waals surface area contributed by atoms with Gasteiger partial charge in [0.25, 0.3) is 0 Å². The molecule has 9 nitrogen and oxygen atoms in total. The highest BCUT2D eigenvalue weighted by atomic mass is 16.4.